The van der Waals surface area contributed by atoms with E-state index in [1.807, 2.05) is 0 Å². The first kappa shape index (κ1) is 32.2. The fraction of sp³-hybridized carbons (Fsp3) is 0.870. The normalized spacial score (nSPS) is 12.4. The van der Waals surface area contributed by atoms with Crippen LogP contribution >= 0.6 is 0 Å². The Balaban J connectivity index is 5.13. The topological polar surface area (TPSA) is 158 Å². The molecule has 0 saturated carbocycles. The Labute approximate surface area is 208 Å². The molecule has 0 atom stereocenters. The molecule has 0 aliphatic carbocycles. The monoisotopic (exact) mass is 504 g/mol. The average molecular weight is 505 g/mol. The molecule has 0 spiro atoms. The van der Waals surface area contributed by atoms with Crippen LogP contribution in [-0.4, -0.2) is 65.2 Å². The summed E-state index contributed by atoms with van der Waals surface area (Å²) in [7, 11) is 0. The maximum absolute atomic E-state index is 12.1. The minimum absolute atomic E-state index is 0.0675. The molecular weight excluding hydrogens is 460 g/mol. The van der Waals surface area contributed by atoms with Crippen molar-refractivity contribution in [2.75, 3.05) is 19.6 Å². The van der Waals surface area contributed by atoms with Gasteiger partial charge in [0, 0.05) is 30.9 Å². The van der Waals surface area contributed by atoms with Crippen molar-refractivity contribution in [2.45, 2.75) is 110 Å². The summed E-state index contributed by atoms with van der Waals surface area (Å²) in [5.41, 5.74) is -3.60. The molecule has 204 valence electrons. The van der Waals surface area contributed by atoms with Gasteiger partial charge in [0.25, 0.3) is 0 Å². The largest absolute Gasteiger partial charge is 0.444 e. The van der Waals surface area contributed by atoms with Gasteiger partial charge in [-0.25, -0.2) is 14.4 Å². The Morgan fingerprint density at radius 2 is 0.971 bits per heavy atom. The van der Waals surface area contributed by atoms with E-state index < -0.39 is 45.5 Å². The molecule has 3 amide bonds. The molecule has 0 aliphatic heterocycles. The Hall–Kier alpha value is -2.79. The van der Waals surface area contributed by atoms with Crippen molar-refractivity contribution in [3.8, 4) is 0 Å². The van der Waals surface area contributed by atoms with E-state index in [1.54, 1.807) is 62.3 Å². The first-order valence-electron chi connectivity index (χ1n) is 11.8. The summed E-state index contributed by atoms with van der Waals surface area (Å²) in [5.74, 6) is 0. The maximum atomic E-state index is 12.1. The maximum Gasteiger partial charge on any atom is 0.407 e. The summed E-state index contributed by atoms with van der Waals surface area (Å²) in [6, 6.07) is 0. The van der Waals surface area contributed by atoms with Crippen LogP contribution in [0.25, 0.3) is 0 Å². The second-order valence-corrected chi connectivity index (χ2v) is 11.4. The van der Waals surface area contributed by atoms with Gasteiger partial charge < -0.3 is 30.2 Å². The van der Waals surface area contributed by atoms with Crippen molar-refractivity contribution < 1.29 is 33.5 Å². The standard InChI is InChI=1S/C23H44N4O8/c1-20(2,3)33-17(28)24-14-10-12-23(27(31)32,16-26-19(30)35-22(7,8)9)13-11-15-25-18(29)34-21(4,5)6/h10-16H2,1-9H3,(H,24,28)(H,25,29)(H,26,30). The first-order valence-corrected chi connectivity index (χ1v) is 11.8. The van der Waals surface area contributed by atoms with E-state index in [4.69, 9.17) is 14.2 Å². The number of nitro groups is 1. The number of carbonyl (C=O) groups excluding carboxylic acids is 3. The molecule has 0 aromatic carbocycles. The average Bonchev–Trinajstić information content (AvgIpc) is 2.61. The molecule has 0 unspecified atom stereocenters. The van der Waals surface area contributed by atoms with E-state index in [1.165, 1.54) is 0 Å². The molecule has 0 heterocycles. The van der Waals surface area contributed by atoms with E-state index >= 15 is 0 Å². The Morgan fingerprint density at radius 3 is 1.26 bits per heavy atom. The van der Waals surface area contributed by atoms with Crippen LogP contribution in [0.15, 0.2) is 0 Å². The lowest BCUT2D eigenvalue weighted by Crippen LogP contribution is -2.50. The fourth-order valence-corrected chi connectivity index (χ4v) is 2.94. The highest BCUT2D eigenvalue weighted by Gasteiger charge is 2.42. The summed E-state index contributed by atoms with van der Waals surface area (Å²) in [5, 5.41) is 19.8. The fourth-order valence-electron chi connectivity index (χ4n) is 2.94. The number of rotatable bonds is 11. The molecule has 3 N–H and O–H groups in total. The number of hydrogen-bond acceptors (Lipinski definition) is 8. The van der Waals surface area contributed by atoms with Gasteiger partial charge in [0.2, 0.25) is 5.54 Å². The van der Waals surface area contributed by atoms with Crippen LogP contribution in [0.4, 0.5) is 14.4 Å². The summed E-state index contributed by atoms with van der Waals surface area (Å²) >= 11 is 0. The van der Waals surface area contributed by atoms with Gasteiger partial charge in [-0.3, -0.25) is 10.1 Å². The van der Waals surface area contributed by atoms with Crippen molar-refractivity contribution >= 4 is 18.3 Å². The number of ether oxygens (including phenoxy) is 3. The van der Waals surface area contributed by atoms with Crippen LogP contribution in [-0.2, 0) is 14.2 Å². The van der Waals surface area contributed by atoms with Crippen molar-refractivity contribution in [1.82, 2.24) is 16.0 Å². The van der Waals surface area contributed by atoms with E-state index in [-0.39, 0.29) is 45.3 Å². The molecular formula is C23H44N4O8. The Morgan fingerprint density at radius 1 is 0.657 bits per heavy atom. The number of nitrogens with one attached hydrogen (secondary N) is 3. The Bertz CT molecular complexity index is 685. The predicted molar refractivity (Wildman–Crippen MR) is 131 cm³/mol. The summed E-state index contributed by atoms with van der Waals surface area (Å²) in [6.45, 7) is 15.5. The number of hydrogen-bond donors (Lipinski definition) is 3. The molecule has 0 fully saturated rings. The third-order valence-electron chi connectivity index (χ3n) is 4.32. The minimum Gasteiger partial charge on any atom is -0.444 e. The minimum atomic E-state index is -1.53. The third-order valence-corrected chi connectivity index (χ3v) is 4.32. The third kappa shape index (κ3) is 16.5. The predicted octanol–water partition coefficient (Wildman–Crippen LogP) is 4.14. The van der Waals surface area contributed by atoms with Crippen molar-refractivity contribution in [2.24, 2.45) is 0 Å². The van der Waals surface area contributed by atoms with E-state index in [2.05, 4.69) is 16.0 Å². The Kier molecular flexibility index (Phi) is 12.3. The summed E-state index contributed by atoms with van der Waals surface area (Å²) in [6.07, 6.45) is -1.31. The molecule has 0 aromatic heterocycles. The number of carbonyl (C=O) groups is 3. The zero-order chi connectivity index (χ0) is 27.5. The second kappa shape index (κ2) is 13.3. The first-order chi connectivity index (χ1) is 15.7. The van der Waals surface area contributed by atoms with Gasteiger partial charge in [0.1, 0.15) is 16.8 Å². The van der Waals surface area contributed by atoms with Crippen LogP contribution in [0.5, 0.6) is 0 Å². The van der Waals surface area contributed by atoms with E-state index in [0.29, 0.717) is 0 Å². The summed E-state index contributed by atoms with van der Waals surface area (Å²) in [4.78, 5) is 47.5. The van der Waals surface area contributed by atoms with E-state index in [9.17, 15) is 24.5 Å². The molecule has 0 radical (unpaired) electrons. The molecule has 0 bridgehead atoms. The van der Waals surface area contributed by atoms with Crippen molar-refractivity contribution in [1.29, 1.82) is 0 Å². The van der Waals surface area contributed by atoms with E-state index in [0.717, 1.165) is 0 Å². The van der Waals surface area contributed by atoms with Crippen LogP contribution < -0.4 is 16.0 Å². The molecule has 0 saturated heterocycles. The van der Waals surface area contributed by atoms with Crippen molar-refractivity contribution in [3.05, 3.63) is 10.1 Å². The number of alkyl carbamates (subject to hydrolysis) is 3. The van der Waals surface area contributed by atoms with Gasteiger partial charge in [-0.15, -0.1) is 0 Å². The molecule has 0 aliphatic rings. The van der Waals surface area contributed by atoms with Gasteiger partial charge in [0.15, 0.2) is 0 Å². The van der Waals surface area contributed by atoms with Gasteiger partial charge >= 0.3 is 18.3 Å². The number of nitrogens with zero attached hydrogens (tertiary/aromatic N) is 1. The summed E-state index contributed by atoms with van der Waals surface area (Å²) < 4.78 is 15.5. The zero-order valence-corrected chi connectivity index (χ0v) is 22.7. The number of amides is 3. The van der Waals surface area contributed by atoms with Crippen LogP contribution in [0, 0.1) is 10.1 Å². The van der Waals surface area contributed by atoms with Gasteiger partial charge in [-0.1, -0.05) is 0 Å². The SMILES string of the molecule is CC(C)(C)OC(=O)NCCCC(CCCNC(=O)OC(C)(C)C)(CNC(=O)OC(C)(C)C)[N+](=O)[O-]. The van der Waals surface area contributed by atoms with Gasteiger partial charge in [0.05, 0.1) is 6.54 Å². The van der Waals surface area contributed by atoms with Crippen LogP contribution in [0.1, 0.15) is 88.0 Å². The lowest BCUT2D eigenvalue weighted by molar-refractivity contribution is -0.570. The molecule has 0 aromatic rings. The molecule has 12 nitrogen and oxygen atoms in total. The zero-order valence-electron chi connectivity index (χ0n) is 22.7. The molecule has 35 heavy (non-hydrogen) atoms. The lowest BCUT2D eigenvalue weighted by atomic mass is 9.88. The highest BCUT2D eigenvalue weighted by atomic mass is 16.6. The van der Waals surface area contributed by atoms with Gasteiger partial charge in [-0.2, -0.15) is 0 Å². The van der Waals surface area contributed by atoms with Crippen LogP contribution in [0.2, 0.25) is 0 Å². The lowest BCUT2D eigenvalue weighted by Gasteiger charge is -2.27. The molecule has 0 rings (SSSR count). The second-order valence-electron chi connectivity index (χ2n) is 11.4. The van der Waals surface area contributed by atoms with Crippen LogP contribution in [0.3, 0.4) is 0 Å². The highest BCUT2D eigenvalue weighted by molar-refractivity contribution is 5.68. The van der Waals surface area contributed by atoms with Gasteiger partial charge in [-0.05, 0) is 75.2 Å². The van der Waals surface area contributed by atoms with Crippen molar-refractivity contribution in [3.63, 3.8) is 0 Å². The molecule has 12 heteroatoms. The smallest absolute Gasteiger partial charge is 0.407 e. The quantitative estimate of drug-likeness (QED) is 0.164. The highest BCUT2D eigenvalue weighted by Crippen LogP contribution is 2.23.